The molecule has 0 aliphatic heterocycles. The molecule has 0 bridgehead atoms. The number of esters is 3. The maximum absolute atomic E-state index is 12.8. The number of carbonyl (C=O) groups excluding carboxylic acids is 3. The van der Waals surface area contributed by atoms with E-state index in [9.17, 15) is 14.4 Å². The molecule has 0 aromatic heterocycles. The second-order valence-electron chi connectivity index (χ2n) is 21.7. The van der Waals surface area contributed by atoms with Gasteiger partial charge in [0.25, 0.3) is 0 Å². The van der Waals surface area contributed by atoms with Gasteiger partial charge in [0.15, 0.2) is 6.10 Å². The van der Waals surface area contributed by atoms with Gasteiger partial charge in [0, 0.05) is 19.3 Å². The number of carbonyl (C=O) groups is 3. The SMILES string of the molecule is CCCCCCC/C=C\C/C=C\C/C=C\CCCCCCCCCCCCCCCCC(=O)OCC(COC(=O)CCCCCCCC)OC(=O)CCCCCCCCCCCCCCCCCCCCC. The lowest BCUT2D eigenvalue weighted by Gasteiger charge is -2.18. The summed E-state index contributed by atoms with van der Waals surface area (Å²) in [4.78, 5) is 38.0. The molecule has 1 unspecified atom stereocenters. The molecule has 6 nitrogen and oxygen atoms in total. The van der Waals surface area contributed by atoms with Crippen LogP contribution in [0.1, 0.15) is 348 Å². The Morgan fingerprint density at radius 3 is 0.778 bits per heavy atom. The summed E-state index contributed by atoms with van der Waals surface area (Å²) in [5.41, 5.74) is 0. The van der Waals surface area contributed by atoms with Gasteiger partial charge in [-0.2, -0.15) is 0 Å². The maximum atomic E-state index is 12.8. The third-order valence-corrected chi connectivity index (χ3v) is 14.4. The molecule has 0 aromatic rings. The summed E-state index contributed by atoms with van der Waals surface area (Å²) in [6.07, 6.45) is 74.8. The smallest absolute Gasteiger partial charge is 0.306 e. The predicted molar refractivity (Wildman–Crippen MR) is 312 cm³/mol. The average molecular weight is 1010 g/mol. The van der Waals surface area contributed by atoms with Crippen molar-refractivity contribution >= 4 is 17.9 Å². The van der Waals surface area contributed by atoms with Crippen molar-refractivity contribution in [2.75, 3.05) is 13.2 Å². The molecule has 0 heterocycles. The first kappa shape index (κ1) is 69.6. The zero-order chi connectivity index (χ0) is 52.2. The fraction of sp³-hybridized carbons (Fsp3) is 0.864. The quantitative estimate of drug-likeness (QED) is 0.0261. The Hall–Kier alpha value is -2.37. The highest BCUT2D eigenvalue weighted by atomic mass is 16.6. The first-order chi connectivity index (χ1) is 35.5. The standard InChI is InChI=1S/C66H122O6/c1-4-7-10-13-16-18-20-22-24-26-28-29-30-31-32-33-34-35-36-37-39-40-42-44-46-48-50-53-56-59-65(68)71-62-63(61-70-64(67)58-55-52-15-12-9-6-3)72-66(69)60-57-54-51-49-47-45-43-41-38-27-25-23-21-19-17-14-11-8-5-2/h20,22,26,28,30-31,63H,4-19,21,23-25,27,29,32-62H2,1-3H3/b22-20-,28-26-,31-30-. The normalized spacial score (nSPS) is 12.2. The highest BCUT2D eigenvalue weighted by Crippen LogP contribution is 2.18. The second kappa shape index (κ2) is 61.2. The van der Waals surface area contributed by atoms with Gasteiger partial charge in [0.2, 0.25) is 0 Å². The monoisotopic (exact) mass is 1010 g/mol. The summed E-state index contributed by atoms with van der Waals surface area (Å²) < 4.78 is 16.8. The minimum absolute atomic E-state index is 0.0675. The number of allylic oxidation sites excluding steroid dienone is 6. The van der Waals surface area contributed by atoms with Gasteiger partial charge in [0.1, 0.15) is 13.2 Å². The zero-order valence-corrected chi connectivity index (χ0v) is 48.5. The van der Waals surface area contributed by atoms with Crippen molar-refractivity contribution in [3.63, 3.8) is 0 Å². The number of hydrogen-bond acceptors (Lipinski definition) is 6. The predicted octanol–water partition coefficient (Wildman–Crippen LogP) is 21.6. The van der Waals surface area contributed by atoms with Crippen molar-refractivity contribution in [2.24, 2.45) is 0 Å². The first-order valence-electron chi connectivity index (χ1n) is 32.0. The Morgan fingerprint density at radius 1 is 0.278 bits per heavy atom. The van der Waals surface area contributed by atoms with Crippen LogP contribution in [0.5, 0.6) is 0 Å². The van der Waals surface area contributed by atoms with Crippen molar-refractivity contribution in [2.45, 2.75) is 354 Å². The minimum atomic E-state index is -0.766. The third kappa shape index (κ3) is 58.5. The van der Waals surface area contributed by atoms with E-state index in [1.165, 1.54) is 238 Å². The summed E-state index contributed by atoms with van der Waals surface area (Å²) in [6, 6.07) is 0. The van der Waals surface area contributed by atoms with Crippen molar-refractivity contribution < 1.29 is 28.6 Å². The topological polar surface area (TPSA) is 78.9 Å². The molecule has 0 saturated heterocycles. The van der Waals surface area contributed by atoms with Crippen molar-refractivity contribution in [1.29, 1.82) is 0 Å². The molecular formula is C66H122O6. The second-order valence-corrected chi connectivity index (χ2v) is 21.7. The summed E-state index contributed by atoms with van der Waals surface area (Å²) in [7, 11) is 0. The van der Waals surface area contributed by atoms with E-state index in [-0.39, 0.29) is 31.1 Å². The van der Waals surface area contributed by atoms with E-state index >= 15 is 0 Å². The average Bonchev–Trinajstić information content (AvgIpc) is 3.38. The summed E-state index contributed by atoms with van der Waals surface area (Å²) >= 11 is 0. The summed E-state index contributed by atoms with van der Waals surface area (Å²) in [6.45, 7) is 6.62. The van der Waals surface area contributed by atoms with E-state index < -0.39 is 6.10 Å². The molecule has 0 aliphatic rings. The molecule has 0 fully saturated rings. The molecular weight excluding hydrogens is 889 g/mol. The van der Waals surface area contributed by atoms with Gasteiger partial charge in [-0.3, -0.25) is 14.4 Å². The highest BCUT2D eigenvalue weighted by molar-refractivity contribution is 5.71. The van der Waals surface area contributed by atoms with E-state index in [1.54, 1.807) is 0 Å². The molecule has 0 saturated carbocycles. The van der Waals surface area contributed by atoms with Crippen molar-refractivity contribution in [1.82, 2.24) is 0 Å². The lowest BCUT2D eigenvalue weighted by Crippen LogP contribution is -2.30. The van der Waals surface area contributed by atoms with Crippen molar-refractivity contribution in [3.8, 4) is 0 Å². The van der Waals surface area contributed by atoms with Gasteiger partial charge in [-0.05, 0) is 57.8 Å². The van der Waals surface area contributed by atoms with Crippen LogP contribution in [0.25, 0.3) is 0 Å². The first-order valence-corrected chi connectivity index (χ1v) is 32.0. The van der Waals surface area contributed by atoms with E-state index in [0.29, 0.717) is 19.3 Å². The Labute approximate surface area is 448 Å². The van der Waals surface area contributed by atoms with Crippen LogP contribution in [-0.4, -0.2) is 37.2 Å². The number of ether oxygens (including phenoxy) is 3. The third-order valence-electron chi connectivity index (χ3n) is 14.4. The van der Waals surface area contributed by atoms with Gasteiger partial charge in [-0.15, -0.1) is 0 Å². The Bertz CT molecular complexity index is 1210. The molecule has 0 aromatic carbocycles. The van der Waals surface area contributed by atoms with Crippen LogP contribution in [-0.2, 0) is 28.6 Å². The van der Waals surface area contributed by atoms with Crippen molar-refractivity contribution in [3.05, 3.63) is 36.5 Å². The molecule has 0 amide bonds. The Kier molecular flexibility index (Phi) is 59.2. The molecule has 0 radical (unpaired) electrons. The van der Waals surface area contributed by atoms with Crippen LogP contribution < -0.4 is 0 Å². The van der Waals surface area contributed by atoms with E-state index in [4.69, 9.17) is 14.2 Å². The molecule has 0 aliphatic carbocycles. The van der Waals surface area contributed by atoms with Gasteiger partial charge in [-0.1, -0.05) is 308 Å². The summed E-state index contributed by atoms with van der Waals surface area (Å²) in [5.74, 6) is -0.856. The molecule has 1 atom stereocenters. The van der Waals surface area contributed by atoms with Crippen LogP contribution in [0.4, 0.5) is 0 Å². The van der Waals surface area contributed by atoms with Gasteiger partial charge in [-0.25, -0.2) is 0 Å². The molecule has 422 valence electrons. The number of hydrogen-bond donors (Lipinski definition) is 0. The lowest BCUT2D eigenvalue weighted by atomic mass is 10.0. The van der Waals surface area contributed by atoms with Crippen LogP contribution in [0.3, 0.4) is 0 Å². The van der Waals surface area contributed by atoms with Gasteiger partial charge >= 0.3 is 17.9 Å². The molecule has 0 rings (SSSR count). The largest absolute Gasteiger partial charge is 0.462 e. The van der Waals surface area contributed by atoms with Gasteiger partial charge in [0.05, 0.1) is 0 Å². The molecule has 0 spiro atoms. The van der Waals surface area contributed by atoms with Crippen LogP contribution in [0.2, 0.25) is 0 Å². The fourth-order valence-electron chi connectivity index (χ4n) is 9.57. The van der Waals surface area contributed by atoms with E-state index in [2.05, 4.69) is 57.2 Å². The molecule has 72 heavy (non-hydrogen) atoms. The zero-order valence-electron chi connectivity index (χ0n) is 48.5. The summed E-state index contributed by atoms with van der Waals surface area (Å²) in [5, 5.41) is 0. The van der Waals surface area contributed by atoms with Crippen LogP contribution in [0, 0.1) is 0 Å². The van der Waals surface area contributed by atoms with Gasteiger partial charge < -0.3 is 14.2 Å². The highest BCUT2D eigenvalue weighted by Gasteiger charge is 2.19. The molecule has 6 heteroatoms. The molecule has 0 N–H and O–H groups in total. The van der Waals surface area contributed by atoms with Crippen LogP contribution >= 0.6 is 0 Å². The number of rotatable bonds is 59. The van der Waals surface area contributed by atoms with Crippen LogP contribution in [0.15, 0.2) is 36.5 Å². The number of unbranched alkanes of at least 4 members (excludes halogenated alkanes) is 42. The minimum Gasteiger partial charge on any atom is -0.462 e. The fourth-order valence-corrected chi connectivity index (χ4v) is 9.57. The maximum Gasteiger partial charge on any atom is 0.306 e. The van der Waals surface area contributed by atoms with E-state index in [1.807, 2.05) is 0 Å². The lowest BCUT2D eigenvalue weighted by molar-refractivity contribution is -0.167. The Morgan fingerprint density at radius 2 is 0.500 bits per heavy atom. The Balaban J connectivity index is 4.02. The van der Waals surface area contributed by atoms with E-state index in [0.717, 1.165) is 70.6 Å².